The van der Waals surface area contributed by atoms with E-state index >= 15 is 0 Å². The molecule has 0 atom stereocenters. The standard InChI is InChI=1S/C13H18N2O2/c16-12-5-3-4-11(8-12)9-14-10-13(17)15-6-1-2-7-15/h3-5,8,14,16H,1-2,6-7,9-10H2. The van der Waals surface area contributed by atoms with Crippen molar-refractivity contribution in [3.63, 3.8) is 0 Å². The van der Waals surface area contributed by atoms with E-state index in [0.29, 0.717) is 13.1 Å². The van der Waals surface area contributed by atoms with Crippen LogP contribution in [0.3, 0.4) is 0 Å². The average Bonchev–Trinajstić information content (AvgIpc) is 2.82. The lowest BCUT2D eigenvalue weighted by Crippen LogP contribution is -2.35. The van der Waals surface area contributed by atoms with Gasteiger partial charge in [0.05, 0.1) is 6.54 Å². The van der Waals surface area contributed by atoms with Crippen molar-refractivity contribution < 1.29 is 9.90 Å². The lowest BCUT2D eigenvalue weighted by atomic mass is 10.2. The van der Waals surface area contributed by atoms with E-state index in [9.17, 15) is 9.90 Å². The summed E-state index contributed by atoms with van der Waals surface area (Å²) in [4.78, 5) is 13.6. The van der Waals surface area contributed by atoms with E-state index in [1.165, 1.54) is 0 Å². The van der Waals surface area contributed by atoms with Crippen LogP contribution in [0.2, 0.25) is 0 Å². The van der Waals surface area contributed by atoms with E-state index in [1.807, 2.05) is 11.0 Å². The van der Waals surface area contributed by atoms with Gasteiger partial charge in [0, 0.05) is 19.6 Å². The van der Waals surface area contributed by atoms with Crippen LogP contribution in [0.4, 0.5) is 0 Å². The van der Waals surface area contributed by atoms with Crippen LogP contribution < -0.4 is 5.32 Å². The maximum Gasteiger partial charge on any atom is 0.236 e. The van der Waals surface area contributed by atoms with Crippen LogP contribution in [0.25, 0.3) is 0 Å². The smallest absolute Gasteiger partial charge is 0.236 e. The van der Waals surface area contributed by atoms with Gasteiger partial charge in [-0.05, 0) is 30.5 Å². The highest BCUT2D eigenvalue weighted by Gasteiger charge is 2.16. The third kappa shape index (κ3) is 3.46. The molecule has 1 amide bonds. The molecule has 0 aromatic heterocycles. The number of nitrogens with one attached hydrogen (secondary N) is 1. The van der Waals surface area contributed by atoms with Gasteiger partial charge in [-0.3, -0.25) is 4.79 Å². The zero-order valence-electron chi connectivity index (χ0n) is 9.85. The maximum atomic E-state index is 11.7. The first-order valence-corrected chi connectivity index (χ1v) is 6.02. The Bertz CT molecular complexity index is 387. The fourth-order valence-electron chi connectivity index (χ4n) is 2.06. The molecule has 0 saturated carbocycles. The number of nitrogens with zero attached hydrogens (tertiary/aromatic N) is 1. The number of hydrogen-bond donors (Lipinski definition) is 2. The number of likely N-dealkylation sites (tertiary alicyclic amines) is 1. The predicted molar refractivity (Wildman–Crippen MR) is 65.6 cm³/mol. The molecule has 1 aliphatic heterocycles. The molecular formula is C13H18N2O2. The van der Waals surface area contributed by atoms with Crippen molar-refractivity contribution in [1.29, 1.82) is 0 Å². The van der Waals surface area contributed by atoms with Gasteiger partial charge in [-0.15, -0.1) is 0 Å². The third-order valence-electron chi connectivity index (χ3n) is 2.97. The lowest BCUT2D eigenvalue weighted by molar-refractivity contribution is -0.129. The molecular weight excluding hydrogens is 216 g/mol. The summed E-state index contributed by atoms with van der Waals surface area (Å²) in [5, 5.41) is 12.4. The van der Waals surface area contributed by atoms with Crippen molar-refractivity contribution in [2.24, 2.45) is 0 Å². The maximum absolute atomic E-state index is 11.7. The van der Waals surface area contributed by atoms with Crippen molar-refractivity contribution in [3.8, 4) is 5.75 Å². The summed E-state index contributed by atoms with van der Waals surface area (Å²) in [6, 6.07) is 7.06. The van der Waals surface area contributed by atoms with E-state index < -0.39 is 0 Å². The van der Waals surface area contributed by atoms with E-state index in [-0.39, 0.29) is 11.7 Å². The third-order valence-corrected chi connectivity index (χ3v) is 2.97. The van der Waals surface area contributed by atoms with Gasteiger partial charge in [0.2, 0.25) is 5.91 Å². The lowest BCUT2D eigenvalue weighted by Gasteiger charge is -2.15. The number of aromatic hydroxyl groups is 1. The van der Waals surface area contributed by atoms with Crippen LogP contribution in [-0.4, -0.2) is 35.5 Å². The second-order valence-corrected chi connectivity index (χ2v) is 4.36. The van der Waals surface area contributed by atoms with Crippen LogP contribution in [0, 0.1) is 0 Å². The van der Waals surface area contributed by atoms with Crippen molar-refractivity contribution in [1.82, 2.24) is 10.2 Å². The molecule has 0 aliphatic carbocycles. The van der Waals surface area contributed by atoms with E-state index in [1.54, 1.807) is 18.2 Å². The molecule has 0 bridgehead atoms. The van der Waals surface area contributed by atoms with E-state index in [4.69, 9.17) is 0 Å². The zero-order chi connectivity index (χ0) is 12.1. The summed E-state index contributed by atoms with van der Waals surface area (Å²) in [5.74, 6) is 0.429. The largest absolute Gasteiger partial charge is 0.508 e. The molecule has 1 heterocycles. The summed E-state index contributed by atoms with van der Waals surface area (Å²) >= 11 is 0. The van der Waals surface area contributed by atoms with Crippen LogP contribution in [-0.2, 0) is 11.3 Å². The van der Waals surface area contributed by atoms with E-state index in [0.717, 1.165) is 31.5 Å². The van der Waals surface area contributed by atoms with Gasteiger partial charge in [-0.25, -0.2) is 0 Å². The number of phenols is 1. The molecule has 1 fully saturated rings. The summed E-state index contributed by atoms with van der Waals surface area (Å²) in [6.07, 6.45) is 2.25. The van der Waals surface area contributed by atoms with Gasteiger partial charge in [-0.1, -0.05) is 12.1 Å². The Labute approximate surface area is 101 Å². The van der Waals surface area contributed by atoms with Gasteiger partial charge in [0.1, 0.15) is 5.75 Å². The molecule has 1 aromatic carbocycles. The van der Waals surface area contributed by atoms with Crippen molar-refractivity contribution in [2.75, 3.05) is 19.6 Å². The predicted octanol–water partition coefficient (Wildman–Crippen LogP) is 1.10. The highest BCUT2D eigenvalue weighted by molar-refractivity contribution is 5.78. The number of rotatable bonds is 4. The number of carbonyl (C=O) groups excluding carboxylic acids is 1. The SMILES string of the molecule is O=C(CNCc1cccc(O)c1)N1CCCC1. The van der Waals surface area contributed by atoms with Crippen LogP contribution in [0.5, 0.6) is 5.75 Å². The molecule has 0 unspecified atom stereocenters. The molecule has 4 heteroatoms. The Morgan fingerprint density at radius 1 is 1.35 bits per heavy atom. The van der Waals surface area contributed by atoms with Crippen molar-refractivity contribution in [3.05, 3.63) is 29.8 Å². The molecule has 92 valence electrons. The molecule has 0 radical (unpaired) electrons. The van der Waals surface area contributed by atoms with Gasteiger partial charge in [-0.2, -0.15) is 0 Å². The minimum Gasteiger partial charge on any atom is -0.508 e. The monoisotopic (exact) mass is 234 g/mol. The number of benzene rings is 1. The highest BCUT2D eigenvalue weighted by atomic mass is 16.3. The number of hydrogen-bond acceptors (Lipinski definition) is 3. The van der Waals surface area contributed by atoms with Gasteiger partial charge in [0.15, 0.2) is 0 Å². The number of carbonyl (C=O) groups is 1. The summed E-state index contributed by atoms with van der Waals surface area (Å²) in [6.45, 7) is 2.77. The number of phenolic OH excluding ortho intramolecular Hbond substituents is 1. The van der Waals surface area contributed by atoms with Crippen molar-refractivity contribution >= 4 is 5.91 Å². The molecule has 1 saturated heterocycles. The second-order valence-electron chi connectivity index (χ2n) is 4.36. The molecule has 2 rings (SSSR count). The number of amides is 1. The minimum absolute atomic E-state index is 0.169. The van der Waals surface area contributed by atoms with Crippen molar-refractivity contribution in [2.45, 2.75) is 19.4 Å². The molecule has 0 spiro atoms. The van der Waals surface area contributed by atoms with Gasteiger partial charge in [0.25, 0.3) is 0 Å². The molecule has 1 aliphatic rings. The van der Waals surface area contributed by atoms with Crippen LogP contribution in [0.1, 0.15) is 18.4 Å². The Morgan fingerprint density at radius 2 is 2.12 bits per heavy atom. The Kier molecular flexibility index (Phi) is 3.98. The quantitative estimate of drug-likeness (QED) is 0.820. The molecule has 4 nitrogen and oxygen atoms in total. The Morgan fingerprint density at radius 3 is 2.82 bits per heavy atom. The molecule has 17 heavy (non-hydrogen) atoms. The molecule has 2 N–H and O–H groups in total. The fourth-order valence-corrected chi connectivity index (χ4v) is 2.06. The van der Waals surface area contributed by atoms with E-state index in [2.05, 4.69) is 5.32 Å². The normalized spacial score (nSPS) is 15.2. The zero-order valence-corrected chi connectivity index (χ0v) is 9.85. The first-order valence-electron chi connectivity index (χ1n) is 6.02. The highest BCUT2D eigenvalue weighted by Crippen LogP contribution is 2.10. The topological polar surface area (TPSA) is 52.6 Å². The minimum atomic E-state index is 0.169. The van der Waals surface area contributed by atoms with Gasteiger partial charge >= 0.3 is 0 Å². The summed E-state index contributed by atoms with van der Waals surface area (Å²) < 4.78 is 0. The average molecular weight is 234 g/mol. The summed E-state index contributed by atoms with van der Waals surface area (Å²) in [5.41, 5.74) is 0.985. The Hall–Kier alpha value is -1.55. The fraction of sp³-hybridized carbons (Fsp3) is 0.462. The molecule has 1 aromatic rings. The van der Waals surface area contributed by atoms with Crippen LogP contribution >= 0.6 is 0 Å². The summed E-state index contributed by atoms with van der Waals surface area (Å²) in [7, 11) is 0. The first kappa shape index (κ1) is 11.9. The Balaban J connectivity index is 1.73. The first-order chi connectivity index (χ1) is 8.25. The van der Waals surface area contributed by atoms with Crippen LogP contribution in [0.15, 0.2) is 24.3 Å². The second kappa shape index (κ2) is 5.68. The van der Waals surface area contributed by atoms with Gasteiger partial charge < -0.3 is 15.3 Å².